The third-order valence-electron chi connectivity index (χ3n) is 2.82. The number of carbonyl (C=O) groups is 2. The third-order valence-corrected chi connectivity index (χ3v) is 2.82. The summed E-state index contributed by atoms with van der Waals surface area (Å²) in [4.78, 5) is 23.8. The molecule has 2 aromatic rings. The van der Waals surface area contributed by atoms with Gasteiger partial charge >= 0.3 is 5.97 Å². The van der Waals surface area contributed by atoms with E-state index in [1.54, 1.807) is 24.3 Å². The molecule has 19 heavy (non-hydrogen) atoms. The van der Waals surface area contributed by atoms with E-state index in [4.69, 9.17) is 5.11 Å². The van der Waals surface area contributed by atoms with E-state index < -0.39 is 24.2 Å². The number of hydrogen-bond donors (Lipinski definition) is 1. The Bertz CT molecular complexity index is 654. The van der Waals surface area contributed by atoms with Crippen LogP contribution in [0.1, 0.15) is 10.4 Å². The largest absolute Gasteiger partial charge is 0.480 e. The predicted octanol–water partition coefficient (Wildman–Crippen LogP) is 2.14. The number of carboxylic acid groups (broad SMARTS) is 1. The van der Waals surface area contributed by atoms with E-state index in [9.17, 15) is 14.0 Å². The number of carbonyl (C=O) groups excluding carboxylic acids is 1. The lowest BCUT2D eigenvalue weighted by molar-refractivity contribution is -0.137. The molecule has 0 saturated carbocycles. The molecule has 0 aromatic heterocycles. The number of fused-ring (bicyclic) bond motifs is 1. The molecule has 2 rings (SSSR count). The number of hydrogen-bond acceptors (Lipinski definition) is 2. The molecule has 0 radical (unpaired) electrons. The molecule has 0 aliphatic heterocycles. The van der Waals surface area contributed by atoms with Gasteiger partial charge in [-0.25, -0.2) is 4.39 Å². The zero-order valence-corrected chi connectivity index (χ0v) is 10.3. The van der Waals surface area contributed by atoms with E-state index >= 15 is 0 Å². The highest BCUT2D eigenvalue weighted by Gasteiger charge is 2.17. The van der Waals surface area contributed by atoms with Crippen LogP contribution < -0.4 is 0 Å². The lowest BCUT2D eigenvalue weighted by Gasteiger charge is -2.16. The first-order valence-electron chi connectivity index (χ1n) is 5.65. The minimum absolute atomic E-state index is 0.292. The highest BCUT2D eigenvalue weighted by atomic mass is 19.1. The summed E-state index contributed by atoms with van der Waals surface area (Å²) in [7, 11) is 1.40. The minimum atomic E-state index is -1.10. The Morgan fingerprint density at radius 1 is 1.16 bits per heavy atom. The molecule has 1 N–H and O–H groups in total. The molecular weight excluding hydrogens is 249 g/mol. The number of halogens is 1. The van der Waals surface area contributed by atoms with Crippen molar-refractivity contribution in [2.24, 2.45) is 0 Å². The van der Waals surface area contributed by atoms with Crippen LogP contribution in [0.15, 0.2) is 36.4 Å². The van der Waals surface area contributed by atoms with Gasteiger partial charge in [0.25, 0.3) is 5.91 Å². The lowest BCUT2D eigenvalue weighted by atomic mass is 10.0. The summed E-state index contributed by atoms with van der Waals surface area (Å²) >= 11 is 0. The Morgan fingerprint density at radius 3 is 2.42 bits per heavy atom. The van der Waals surface area contributed by atoms with Gasteiger partial charge in [0.15, 0.2) is 0 Å². The van der Waals surface area contributed by atoms with Crippen molar-refractivity contribution in [1.29, 1.82) is 0 Å². The summed E-state index contributed by atoms with van der Waals surface area (Å²) < 4.78 is 13.6. The molecule has 0 fully saturated rings. The quantitative estimate of drug-likeness (QED) is 0.920. The van der Waals surface area contributed by atoms with E-state index in [1.165, 1.54) is 19.2 Å². The van der Waals surface area contributed by atoms with E-state index in [1.807, 2.05) is 0 Å². The Morgan fingerprint density at radius 2 is 1.79 bits per heavy atom. The van der Waals surface area contributed by atoms with E-state index in [2.05, 4.69) is 0 Å². The van der Waals surface area contributed by atoms with Crippen molar-refractivity contribution in [2.75, 3.05) is 13.6 Å². The van der Waals surface area contributed by atoms with Crippen LogP contribution >= 0.6 is 0 Å². The van der Waals surface area contributed by atoms with Crippen molar-refractivity contribution in [3.63, 3.8) is 0 Å². The van der Waals surface area contributed by atoms with Crippen molar-refractivity contribution >= 4 is 22.6 Å². The average molecular weight is 261 g/mol. The van der Waals surface area contributed by atoms with Crippen LogP contribution in [0.4, 0.5) is 4.39 Å². The van der Waals surface area contributed by atoms with Gasteiger partial charge in [-0.05, 0) is 17.5 Å². The van der Waals surface area contributed by atoms with Crippen LogP contribution in [0.3, 0.4) is 0 Å². The average Bonchev–Trinajstić information content (AvgIpc) is 2.38. The summed E-state index contributed by atoms with van der Waals surface area (Å²) in [6, 6.07) is 9.19. The van der Waals surface area contributed by atoms with Gasteiger partial charge in [0, 0.05) is 18.0 Å². The van der Waals surface area contributed by atoms with Crippen molar-refractivity contribution in [3.05, 3.63) is 47.8 Å². The molecule has 0 saturated heterocycles. The topological polar surface area (TPSA) is 57.6 Å². The summed E-state index contributed by atoms with van der Waals surface area (Å²) in [6.07, 6.45) is 0. The molecule has 0 unspecified atom stereocenters. The normalized spacial score (nSPS) is 10.4. The molecule has 0 atom stereocenters. The molecule has 4 nitrogen and oxygen atoms in total. The first kappa shape index (κ1) is 13.0. The van der Waals surface area contributed by atoms with Crippen LogP contribution in [-0.2, 0) is 4.79 Å². The number of amides is 1. The summed E-state index contributed by atoms with van der Waals surface area (Å²) in [5.41, 5.74) is 0.292. The van der Waals surface area contributed by atoms with Crippen LogP contribution in [0.5, 0.6) is 0 Å². The summed E-state index contributed by atoms with van der Waals surface area (Å²) in [5, 5.41) is 9.50. The highest BCUT2D eigenvalue weighted by molar-refractivity contribution is 6.07. The van der Waals surface area contributed by atoms with Crippen LogP contribution in [0, 0.1) is 5.82 Å². The van der Waals surface area contributed by atoms with Gasteiger partial charge in [0.2, 0.25) is 0 Å². The van der Waals surface area contributed by atoms with Gasteiger partial charge in [0.1, 0.15) is 12.4 Å². The molecule has 0 spiro atoms. The number of rotatable bonds is 3. The van der Waals surface area contributed by atoms with E-state index in [-0.39, 0.29) is 0 Å². The smallest absolute Gasteiger partial charge is 0.323 e. The molecule has 0 aliphatic carbocycles. The van der Waals surface area contributed by atoms with Gasteiger partial charge in [-0.3, -0.25) is 9.59 Å². The fraction of sp³-hybridized carbons (Fsp3) is 0.143. The number of benzene rings is 2. The third kappa shape index (κ3) is 2.54. The second kappa shape index (κ2) is 5.06. The predicted molar refractivity (Wildman–Crippen MR) is 68.5 cm³/mol. The van der Waals surface area contributed by atoms with Gasteiger partial charge < -0.3 is 10.0 Å². The van der Waals surface area contributed by atoms with Crippen molar-refractivity contribution in [1.82, 2.24) is 4.90 Å². The molecular formula is C14H12FNO3. The van der Waals surface area contributed by atoms with Crippen LogP contribution in [0.25, 0.3) is 10.8 Å². The molecule has 0 aliphatic rings. The zero-order valence-electron chi connectivity index (χ0n) is 10.3. The molecule has 5 heteroatoms. The van der Waals surface area contributed by atoms with Crippen LogP contribution in [-0.4, -0.2) is 35.5 Å². The molecule has 0 bridgehead atoms. The van der Waals surface area contributed by atoms with Crippen molar-refractivity contribution < 1.29 is 19.1 Å². The van der Waals surface area contributed by atoms with Gasteiger partial charge in [-0.15, -0.1) is 0 Å². The summed E-state index contributed by atoms with van der Waals surface area (Å²) in [5.74, 6) is -1.95. The first-order valence-corrected chi connectivity index (χ1v) is 5.65. The Kier molecular flexibility index (Phi) is 3.46. The standard InChI is InChI=1S/C14H12FNO3/c1-16(8-13(17)18)14(19)11-6-7-12(15)10-5-3-2-4-9(10)11/h2-7H,8H2,1H3,(H,17,18). The zero-order chi connectivity index (χ0) is 14.0. The Balaban J connectivity index is 2.48. The van der Waals surface area contributed by atoms with Crippen LogP contribution in [0.2, 0.25) is 0 Å². The van der Waals surface area contributed by atoms with Gasteiger partial charge in [-0.2, -0.15) is 0 Å². The van der Waals surface area contributed by atoms with Gasteiger partial charge in [-0.1, -0.05) is 24.3 Å². The highest BCUT2D eigenvalue weighted by Crippen LogP contribution is 2.22. The maximum absolute atomic E-state index is 13.6. The molecule has 0 heterocycles. The maximum Gasteiger partial charge on any atom is 0.323 e. The first-order chi connectivity index (χ1) is 9.00. The summed E-state index contributed by atoms with van der Waals surface area (Å²) in [6.45, 7) is -0.398. The molecule has 1 amide bonds. The monoisotopic (exact) mass is 261 g/mol. The minimum Gasteiger partial charge on any atom is -0.480 e. The molecule has 98 valence electrons. The van der Waals surface area contributed by atoms with E-state index in [0.29, 0.717) is 16.3 Å². The number of carboxylic acids is 1. The lowest BCUT2D eigenvalue weighted by Crippen LogP contribution is -2.32. The number of likely N-dealkylation sites (N-methyl/N-ethyl adjacent to an activating group) is 1. The van der Waals surface area contributed by atoms with Gasteiger partial charge in [0.05, 0.1) is 0 Å². The number of aliphatic carboxylic acids is 1. The van der Waals surface area contributed by atoms with E-state index in [0.717, 1.165) is 4.90 Å². The Hall–Kier alpha value is -2.43. The Labute approximate surface area is 109 Å². The maximum atomic E-state index is 13.6. The number of nitrogens with zero attached hydrogens (tertiary/aromatic N) is 1. The fourth-order valence-corrected chi connectivity index (χ4v) is 1.93. The molecule has 2 aromatic carbocycles. The fourth-order valence-electron chi connectivity index (χ4n) is 1.93. The second-order valence-electron chi connectivity index (χ2n) is 4.20. The van der Waals surface area contributed by atoms with Crippen molar-refractivity contribution in [3.8, 4) is 0 Å². The SMILES string of the molecule is CN(CC(=O)O)C(=O)c1ccc(F)c2ccccc12. The second-order valence-corrected chi connectivity index (χ2v) is 4.20. The van der Waals surface area contributed by atoms with Crippen molar-refractivity contribution in [2.45, 2.75) is 0 Å².